The van der Waals surface area contributed by atoms with E-state index in [4.69, 9.17) is 18.9 Å². The van der Waals surface area contributed by atoms with Crippen LogP contribution in [-0.4, -0.2) is 116 Å². The molecular weight excluding hydrogens is 484 g/mol. The van der Waals surface area contributed by atoms with Crippen LogP contribution in [0.1, 0.15) is 10.4 Å². The summed E-state index contributed by atoms with van der Waals surface area (Å²) in [6.07, 6.45) is 0. The minimum absolute atomic E-state index is 0.0132. The van der Waals surface area contributed by atoms with Crippen molar-refractivity contribution < 1.29 is 23.7 Å². The molecule has 2 aliphatic rings. The average Bonchev–Trinajstić information content (AvgIpc) is 2.98. The molecule has 0 atom stereocenters. The highest BCUT2D eigenvalue weighted by atomic mass is 16.5. The fourth-order valence-corrected chi connectivity index (χ4v) is 4.59. The molecule has 2 heterocycles. The van der Waals surface area contributed by atoms with E-state index in [1.54, 1.807) is 4.90 Å². The van der Waals surface area contributed by atoms with Crippen molar-refractivity contribution in [2.75, 3.05) is 115 Å². The summed E-state index contributed by atoms with van der Waals surface area (Å²) in [5.41, 5.74) is 3.10. The largest absolute Gasteiger partial charge is 0.377 e. The number of piperazine rings is 1. The van der Waals surface area contributed by atoms with Crippen molar-refractivity contribution in [1.29, 1.82) is 0 Å². The molecule has 0 saturated carbocycles. The van der Waals surface area contributed by atoms with Gasteiger partial charge in [0.2, 0.25) is 0 Å². The van der Waals surface area contributed by atoms with Crippen molar-refractivity contribution in [1.82, 2.24) is 10.2 Å². The standard InChI is InChI=1S/C29H42N4O5/c34-29(26-4-2-1-3-5-26)33-16-20-37-24-22-35-18-14-32(15-19-36-23-25-38-21-17-33)28-8-6-27(7-9-28)31-12-10-30-11-13-31/h1-9,30H,10-25H2. The summed E-state index contributed by atoms with van der Waals surface area (Å²) >= 11 is 0. The van der Waals surface area contributed by atoms with Crippen molar-refractivity contribution in [2.24, 2.45) is 0 Å². The number of nitrogens with one attached hydrogen (secondary N) is 1. The van der Waals surface area contributed by atoms with E-state index in [2.05, 4.69) is 39.4 Å². The molecule has 2 aromatic carbocycles. The van der Waals surface area contributed by atoms with Crippen LogP contribution in [0.25, 0.3) is 0 Å². The second-order valence-corrected chi connectivity index (χ2v) is 9.35. The number of hydrogen-bond donors (Lipinski definition) is 1. The minimum atomic E-state index is -0.0132. The van der Waals surface area contributed by atoms with E-state index in [9.17, 15) is 4.79 Å². The van der Waals surface area contributed by atoms with Gasteiger partial charge in [-0.05, 0) is 36.4 Å². The highest BCUT2D eigenvalue weighted by Crippen LogP contribution is 2.21. The van der Waals surface area contributed by atoms with Crippen molar-refractivity contribution >= 4 is 17.3 Å². The zero-order valence-electron chi connectivity index (χ0n) is 22.4. The van der Waals surface area contributed by atoms with Gasteiger partial charge in [0.1, 0.15) is 0 Å². The summed E-state index contributed by atoms with van der Waals surface area (Å²) in [6.45, 7) is 10.8. The first kappa shape index (κ1) is 28.3. The maximum absolute atomic E-state index is 12.9. The predicted octanol–water partition coefficient (Wildman–Crippen LogP) is 2.13. The van der Waals surface area contributed by atoms with Crippen LogP contribution in [0.3, 0.4) is 0 Å². The van der Waals surface area contributed by atoms with E-state index >= 15 is 0 Å². The second-order valence-electron chi connectivity index (χ2n) is 9.35. The van der Waals surface area contributed by atoms with Gasteiger partial charge in [-0.25, -0.2) is 0 Å². The molecule has 1 N–H and O–H groups in total. The van der Waals surface area contributed by atoms with Gasteiger partial charge < -0.3 is 39.0 Å². The SMILES string of the molecule is O=C(c1ccccc1)N1CCOCCOCCN(c2ccc(N3CCNCC3)cc2)CCOCCOCC1. The van der Waals surface area contributed by atoms with E-state index in [0.29, 0.717) is 71.5 Å². The van der Waals surface area contributed by atoms with Gasteiger partial charge in [-0.3, -0.25) is 4.79 Å². The van der Waals surface area contributed by atoms with Gasteiger partial charge in [-0.2, -0.15) is 0 Å². The normalized spacial score (nSPS) is 19.9. The Labute approximate surface area is 226 Å². The lowest BCUT2D eigenvalue weighted by Crippen LogP contribution is -2.43. The zero-order valence-corrected chi connectivity index (χ0v) is 22.4. The Morgan fingerprint density at radius 1 is 0.553 bits per heavy atom. The van der Waals surface area contributed by atoms with Crippen LogP contribution in [0, 0.1) is 0 Å². The maximum Gasteiger partial charge on any atom is 0.254 e. The fraction of sp³-hybridized carbons (Fsp3) is 0.552. The Hall–Kier alpha value is -2.69. The monoisotopic (exact) mass is 526 g/mol. The van der Waals surface area contributed by atoms with Gasteiger partial charge in [0.25, 0.3) is 5.91 Å². The van der Waals surface area contributed by atoms with Crippen LogP contribution < -0.4 is 15.1 Å². The summed E-state index contributed by atoms with van der Waals surface area (Å²) < 4.78 is 23.3. The third-order valence-electron chi connectivity index (χ3n) is 6.77. The van der Waals surface area contributed by atoms with E-state index in [-0.39, 0.29) is 5.91 Å². The molecule has 0 unspecified atom stereocenters. The summed E-state index contributed by atoms with van der Waals surface area (Å²) in [4.78, 5) is 19.4. The average molecular weight is 527 g/mol. The Morgan fingerprint density at radius 2 is 1.00 bits per heavy atom. The molecule has 0 aromatic heterocycles. The van der Waals surface area contributed by atoms with Crippen LogP contribution in [0.5, 0.6) is 0 Å². The number of carbonyl (C=O) groups excluding carboxylic acids is 1. The number of anilines is 2. The van der Waals surface area contributed by atoms with E-state index in [0.717, 1.165) is 39.3 Å². The van der Waals surface area contributed by atoms with Crippen molar-refractivity contribution in [3.63, 3.8) is 0 Å². The maximum atomic E-state index is 12.9. The topological polar surface area (TPSA) is 75.7 Å². The minimum Gasteiger partial charge on any atom is -0.377 e. The molecule has 9 nitrogen and oxygen atoms in total. The molecule has 38 heavy (non-hydrogen) atoms. The Morgan fingerprint density at radius 3 is 1.50 bits per heavy atom. The molecule has 9 heteroatoms. The Kier molecular flexibility index (Phi) is 12.2. The van der Waals surface area contributed by atoms with E-state index < -0.39 is 0 Å². The zero-order chi connectivity index (χ0) is 26.3. The third kappa shape index (κ3) is 9.25. The van der Waals surface area contributed by atoms with Gasteiger partial charge in [0.05, 0.1) is 52.9 Å². The first-order chi connectivity index (χ1) is 18.8. The summed E-state index contributed by atoms with van der Waals surface area (Å²) in [6, 6.07) is 18.1. The van der Waals surface area contributed by atoms with Gasteiger partial charge in [-0.1, -0.05) is 18.2 Å². The number of carbonyl (C=O) groups is 1. The van der Waals surface area contributed by atoms with Crippen molar-refractivity contribution in [3.05, 3.63) is 60.2 Å². The molecule has 0 aliphatic carbocycles. The first-order valence-corrected chi connectivity index (χ1v) is 13.8. The molecule has 4 rings (SSSR count). The number of ether oxygens (including phenoxy) is 4. The van der Waals surface area contributed by atoms with Gasteiger partial charge >= 0.3 is 0 Å². The lowest BCUT2D eigenvalue weighted by molar-refractivity contribution is 0.0214. The van der Waals surface area contributed by atoms with Crippen LogP contribution in [0.2, 0.25) is 0 Å². The van der Waals surface area contributed by atoms with Gasteiger partial charge in [0, 0.05) is 69.3 Å². The highest BCUT2D eigenvalue weighted by molar-refractivity contribution is 5.94. The van der Waals surface area contributed by atoms with Crippen LogP contribution in [0.4, 0.5) is 11.4 Å². The number of benzene rings is 2. The highest BCUT2D eigenvalue weighted by Gasteiger charge is 2.16. The van der Waals surface area contributed by atoms with Crippen LogP contribution >= 0.6 is 0 Å². The van der Waals surface area contributed by atoms with Crippen molar-refractivity contribution in [2.45, 2.75) is 0 Å². The Bertz CT molecular complexity index is 904. The molecule has 2 aliphatic heterocycles. The van der Waals surface area contributed by atoms with Crippen LogP contribution in [-0.2, 0) is 18.9 Å². The summed E-state index contributed by atoms with van der Waals surface area (Å²) in [5, 5.41) is 3.40. The molecule has 0 bridgehead atoms. The molecule has 0 spiro atoms. The third-order valence-corrected chi connectivity index (χ3v) is 6.77. The van der Waals surface area contributed by atoms with Crippen molar-refractivity contribution in [3.8, 4) is 0 Å². The lowest BCUT2D eigenvalue weighted by atomic mass is 10.2. The predicted molar refractivity (Wildman–Crippen MR) is 149 cm³/mol. The summed E-state index contributed by atoms with van der Waals surface area (Å²) in [5.74, 6) is -0.0132. The number of nitrogens with zero attached hydrogens (tertiary/aromatic N) is 3. The quantitative estimate of drug-likeness (QED) is 0.652. The van der Waals surface area contributed by atoms with Gasteiger partial charge in [-0.15, -0.1) is 0 Å². The fourth-order valence-electron chi connectivity index (χ4n) is 4.59. The lowest BCUT2D eigenvalue weighted by Gasteiger charge is -2.30. The van der Waals surface area contributed by atoms with E-state index in [1.165, 1.54) is 11.4 Å². The molecule has 0 radical (unpaired) electrons. The molecular formula is C29H42N4O5. The smallest absolute Gasteiger partial charge is 0.254 e. The molecule has 2 aromatic rings. The number of amides is 1. The number of hydrogen-bond acceptors (Lipinski definition) is 8. The molecule has 2 fully saturated rings. The van der Waals surface area contributed by atoms with Crippen LogP contribution in [0.15, 0.2) is 54.6 Å². The molecule has 1 amide bonds. The molecule has 208 valence electrons. The summed E-state index contributed by atoms with van der Waals surface area (Å²) in [7, 11) is 0. The molecule has 2 saturated heterocycles. The van der Waals surface area contributed by atoms with Gasteiger partial charge in [0.15, 0.2) is 0 Å². The van der Waals surface area contributed by atoms with E-state index in [1.807, 2.05) is 30.3 Å². The second kappa shape index (κ2) is 16.3. The Balaban J connectivity index is 1.26. The number of rotatable bonds is 3. The first-order valence-electron chi connectivity index (χ1n) is 13.8.